The molecule has 2 heterocycles. The quantitative estimate of drug-likeness (QED) is 0.738. The zero-order valence-corrected chi connectivity index (χ0v) is 9.26. The third-order valence-electron chi connectivity index (χ3n) is 2.58. The molecule has 0 aliphatic rings. The summed E-state index contributed by atoms with van der Waals surface area (Å²) in [5.41, 5.74) is 0.0933. The number of carboxylic acids is 1. The minimum absolute atomic E-state index is 0.0351. The van der Waals surface area contributed by atoms with Crippen LogP contribution in [0.15, 0.2) is 24.5 Å². The Kier molecular flexibility index (Phi) is 2.31. The number of hydrogen-bond acceptors (Lipinski definition) is 3. The summed E-state index contributed by atoms with van der Waals surface area (Å²) < 4.78 is 27.7. The van der Waals surface area contributed by atoms with Crippen molar-refractivity contribution in [2.24, 2.45) is 0 Å². The van der Waals surface area contributed by atoms with Crippen LogP contribution in [0.4, 0.5) is 8.78 Å². The lowest BCUT2D eigenvalue weighted by atomic mass is 10.3. The topological polar surface area (TPSA) is 83.8 Å². The number of halogens is 2. The van der Waals surface area contributed by atoms with Crippen molar-refractivity contribution in [3.8, 4) is 5.95 Å². The van der Waals surface area contributed by atoms with Gasteiger partial charge in [-0.15, -0.1) is 0 Å². The van der Waals surface area contributed by atoms with Crippen LogP contribution < -0.4 is 0 Å². The average Bonchev–Trinajstić information content (AvgIpc) is 2.99. The highest BCUT2D eigenvalue weighted by molar-refractivity contribution is 5.87. The number of aromatic amines is 1. The second-order valence-corrected chi connectivity index (χ2v) is 3.80. The summed E-state index contributed by atoms with van der Waals surface area (Å²) in [6.07, 6.45) is 2.35. The van der Waals surface area contributed by atoms with Gasteiger partial charge in [0.1, 0.15) is 5.52 Å². The summed E-state index contributed by atoms with van der Waals surface area (Å²) in [5, 5.41) is 12.6. The van der Waals surface area contributed by atoms with Crippen LogP contribution in [0, 0.1) is 11.6 Å². The number of nitrogens with one attached hydrogen (secondary N) is 1. The van der Waals surface area contributed by atoms with E-state index in [9.17, 15) is 13.6 Å². The van der Waals surface area contributed by atoms with Crippen LogP contribution in [0.5, 0.6) is 0 Å². The SMILES string of the molecule is O=C(O)c1cnn(-c2nc3c(F)c(F)ccc3[nH]2)c1. The number of H-pyrrole nitrogens is 1. The Labute approximate surface area is 104 Å². The highest BCUT2D eigenvalue weighted by atomic mass is 19.2. The lowest BCUT2D eigenvalue weighted by Gasteiger charge is -1.92. The van der Waals surface area contributed by atoms with Gasteiger partial charge >= 0.3 is 5.97 Å². The molecule has 0 fully saturated rings. The molecule has 2 aromatic heterocycles. The molecule has 0 bridgehead atoms. The van der Waals surface area contributed by atoms with Crippen molar-refractivity contribution in [1.29, 1.82) is 0 Å². The van der Waals surface area contributed by atoms with E-state index in [0.717, 1.165) is 16.9 Å². The number of aromatic nitrogens is 4. The zero-order chi connectivity index (χ0) is 13.6. The van der Waals surface area contributed by atoms with Crippen molar-refractivity contribution in [3.05, 3.63) is 41.7 Å². The van der Waals surface area contributed by atoms with Gasteiger partial charge in [-0.3, -0.25) is 0 Å². The van der Waals surface area contributed by atoms with Gasteiger partial charge in [-0.25, -0.2) is 23.2 Å². The normalized spacial score (nSPS) is 11.1. The zero-order valence-electron chi connectivity index (χ0n) is 9.26. The number of carboxylic acid groups (broad SMARTS) is 1. The molecule has 6 nitrogen and oxygen atoms in total. The third-order valence-corrected chi connectivity index (χ3v) is 2.58. The van der Waals surface area contributed by atoms with E-state index in [1.807, 2.05) is 0 Å². The maximum Gasteiger partial charge on any atom is 0.338 e. The van der Waals surface area contributed by atoms with Crippen LogP contribution in [0.2, 0.25) is 0 Å². The Balaban J connectivity index is 2.15. The summed E-state index contributed by atoms with van der Waals surface area (Å²) >= 11 is 0. The van der Waals surface area contributed by atoms with E-state index in [1.54, 1.807) is 0 Å². The molecular weight excluding hydrogens is 258 g/mol. The van der Waals surface area contributed by atoms with Crippen LogP contribution in [-0.4, -0.2) is 30.8 Å². The van der Waals surface area contributed by atoms with Crippen LogP contribution in [0.1, 0.15) is 10.4 Å². The molecular formula is C11H6F2N4O2. The Bertz CT molecular complexity index is 793. The number of hydrogen-bond donors (Lipinski definition) is 2. The van der Waals surface area contributed by atoms with Gasteiger partial charge in [-0.2, -0.15) is 5.10 Å². The first-order valence-electron chi connectivity index (χ1n) is 5.18. The maximum absolute atomic E-state index is 13.5. The molecule has 0 atom stereocenters. The van der Waals surface area contributed by atoms with E-state index in [-0.39, 0.29) is 17.0 Å². The Morgan fingerprint density at radius 1 is 1.37 bits per heavy atom. The molecule has 0 aliphatic carbocycles. The number of rotatable bonds is 2. The van der Waals surface area contributed by atoms with Gasteiger partial charge in [0.05, 0.1) is 17.3 Å². The molecule has 3 aromatic rings. The molecule has 0 saturated carbocycles. The molecule has 19 heavy (non-hydrogen) atoms. The van der Waals surface area contributed by atoms with Gasteiger partial charge in [-0.1, -0.05) is 0 Å². The first-order valence-corrected chi connectivity index (χ1v) is 5.18. The fourth-order valence-corrected chi connectivity index (χ4v) is 1.66. The van der Waals surface area contributed by atoms with Gasteiger partial charge in [0.15, 0.2) is 11.6 Å². The van der Waals surface area contributed by atoms with Gasteiger partial charge in [0, 0.05) is 6.20 Å². The van der Waals surface area contributed by atoms with Crippen molar-refractivity contribution < 1.29 is 18.7 Å². The molecule has 96 valence electrons. The number of carbonyl (C=O) groups is 1. The standard InChI is InChI=1S/C11H6F2N4O2/c12-6-1-2-7-9(8(6)13)16-11(15-7)17-4-5(3-14-17)10(18)19/h1-4H,(H,15,16)(H,18,19). The molecule has 8 heteroatoms. The molecule has 0 spiro atoms. The summed E-state index contributed by atoms with van der Waals surface area (Å²) in [6.45, 7) is 0. The van der Waals surface area contributed by atoms with Gasteiger partial charge in [0.25, 0.3) is 0 Å². The molecule has 0 amide bonds. The second kappa shape index (κ2) is 3.87. The monoisotopic (exact) mass is 264 g/mol. The van der Waals surface area contributed by atoms with Crippen molar-refractivity contribution in [3.63, 3.8) is 0 Å². The van der Waals surface area contributed by atoms with Crippen molar-refractivity contribution in [2.45, 2.75) is 0 Å². The van der Waals surface area contributed by atoms with E-state index in [1.165, 1.54) is 12.3 Å². The highest BCUT2D eigenvalue weighted by Gasteiger charge is 2.14. The number of imidazole rings is 1. The predicted molar refractivity (Wildman–Crippen MR) is 60.1 cm³/mol. The van der Waals surface area contributed by atoms with Gasteiger partial charge in [-0.05, 0) is 12.1 Å². The average molecular weight is 264 g/mol. The lowest BCUT2D eigenvalue weighted by Crippen LogP contribution is -1.97. The fraction of sp³-hybridized carbons (Fsp3) is 0. The fourth-order valence-electron chi connectivity index (χ4n) is 1.66. The number of benzene rings is 1. The largest absolute Gasteiger partial charge is 0.478 e. The molecule has 2 N–H and O–H groups in total. The minimum Gasteiger partial charge on any atom is -0.478 e. The highest BCUT2D eigenvalue weighted by Crippen LogP contribution is 2.19. The van der Waals surface area contributed by atoms with Crippen LogP contribution in [-0.2, 0) is 0 Å². The minimum atomic E-state index is -1.14. The second-order valence-electron chi connectivity index (χ2n) is 3.80. The van der Waals surface area contributed by atoms with Crippen molar-refractivity contribution in [2.75, 3.05) is 0 Å². The first-order chi connectivity index (χ1) is 9.06. The number of fused-ring (bicyclic) bond motifs is 1. The third kappa shape index (κ3) is 1.73. The Hall–Kier alpha value is -2.77. The van der Waals surface area contributed by atoms with E-state index in [4.69, 9.17) is 5.11 Å². The van der Waals surface area contributed by atoms with E-state index in [0.29, 0.717) is 5.52 Å². The Morgan fingerprint density at radius 2 is 2.16 bits per heavy atom. The first kappa shape index (κ1) is 11.3. The molecule has 0 aliphatic heterocycles. The predicted octanol–water partition coefficient (Wildman–Crippen LogP) is 1.72. The molecule has 0 radical (unpaired) electrons. The lowest BCUT2D eigenvalue weighted by molar-refractivity contribution is 0.0697. The summed E-state index contributed by atoms with van der Waals surface area (Å²) in [6, 6.07) is 2.32. The molecule has 3 rings (SSSR count). The summed E-state index contributed by atoms with van der Waals surface area (Å²) in [5.74, 6) is -3.10. The molecule has 0 unspecified atom stereocenters. The van der Waals surface area contributed by atoms with E-state index in [2.05, 4.69) is 15.1 Å². The van der Waals surface area contributed by atoms with Crippen LogP contribution in [0.25, 0.3) is 17.0 Å². The number of aromatic carboxylic acids is 1. The van der Waals surface area contributed by atoms with E-state index < -0.39 is 17.6 Å². The van der Waals surface area contributed by atoms with Crippen molar-refractivity contribution >= 4 is 17.0 Å². The van der Waals surface area contributed by atoms with Gasteiger partial charge in [0.2, 0.25) is 5.95 Å². The van der Waals surface area contributed by atoms with Crippen LogP contribution in [0.3, 0.4) is 0 Å². The molecule has 0 saturated heterocycles. The van der Waals surface area contributed by atoms with Crippen LogP contribution >= 0.6 is 0 Å². The smallest absolute Gasteiger partial charge is 0.338 e. The molecule has 1 aromatic carbocycles. The maximum atomic E-state index is 13.5. The summed E-state index contributed by atoms with van der Waals surface area (Å²) in [4.78, 5) is 17.3. The van der Waals surface area contributed by atoms with E-state index >= 15 is 0 Å². The number of nitrogens with zero attached hydrogens (tertiary/aromatic N) is 3. The summed E-state index contributed by atoms with van der Waals surface area (Å²) in [7, 11) is 0. The Morgan fingerprint density at radius 3 is 2.84 bits per heavy atom. The van der Waals surface area contributed by atoms with Gasteiger partial charge < -0.3 is 10.1 Å². The van der Waals surface area contributed by atoms with Crippen molar-refractivity contribution in [1.82, 2.24) is 19.7 Å².